The summed E-state index contributed by atoms with van der Waals surface area (Å²) in [6, 6.07) is 17.8. The maximum absolute atomic E-state index is 9.84. The number of nitrogens with zero attached hydrogens (tertiary/aromatic N) is 4. The second-order valence-electron chi connectivity index (χ2n) is 9.95. The molecule has 1 aliphatic rings. The number of ether oxygens (including phenoxy) is 2. The molecule has 0 bridgehead atoms. The van der Waals surface area contributed by atoms with E-state index < -0.39 is 0 Å². The lowest BCUT2D eigenvalue weighted by Gasteiger charge is -2.41. The summed E-state index contributed by atoms with van der Waals surface area (Å²) in [6.07, 6.45) is 1.83. The zero-order valence-electron chi connectivity index (χ0n) is 22.3. The Labute approximate surface area is 222 Å². The molecule has 3 heterocycles. The summed E-state index contributed by atoms with van der Waals surface area (Å²) in [4.78, 5) is 8.58. The summed E-state index contributed by atoms with van der Waals surface area (Å²) < 4.78 is 18.1. The minimum absolute atomic E-state index is 0.0958. The van der Waals surface area contributed by atoms with Crippen LogP contribution >= 0.6 is 0 Å². The molecule has 0 spiro atoms. The Kier molecular flexibility index (Phi) is 6.79. The van der Waals surface area contributed by atoms with Crippen LogP contribution in [0.5, 0.6) is 11.5 Å². The van der Waals surface area contributed by atoms with Crippen molar-refractivity contribution < 1.29 is 13.9 Å². The lowest BCUT2D eigenvalue weighted by molar-refractivity contribution is 0.00000954. The van der Waals surface area contributed by atoms with Gasteiger partial charge in [-0.25, -0.2) is 0 Å². The summed E-state index contributed by atoms with van der Waals surface area (Å²) in [5.74, 6) is 2.21. The Balaban J connectivity index is 1.47. The minimum atomic E-state index is 0.0958. The van der Waals surface area contributed by atoms with Gasteiger partial charge in [0.15, 0.2) is 5.58 Å². The first-order valence-electron chi connectivity index (χ1n) is 12.6. The van der Waals surface area contributed by atoms with Crippen LogP contribution in [-0.4, -0.2) is 67.1 Å². The smallest absolute Gasteiger partial charge is 0.161 e. The molecule has 1 N–H and O–H groups in total. The van der Waals surface area contributed by atoms with E-state index in [0.717, 1.165) is 35.3 Å². The molecule has 4 aromatic rings. The number of benzene rings is 2. The van der Waals surface area contributed by atoms with Crippen LogP contribution in [0.15, 0.2) is 59.1 Å². The van der Waals surface area contributed by atoms with E-state index in [4.69, 9.17) is 19.3 Å². The summed E-state index contributed by atoms with van der Waals surface area (Å²) in [5.41, 5.74) is 5.01. The number of furan rings is 1. The van der Waals surface area contributed by atoms with Crippen molar-refractivity contribution >= 4 is 16.9 Å². The number of rotatable bonds is 7. The zero-order valence-corrected chi connectivity index (χ0v) is 22.3. The van der Waals surface area contributed by atoms with Crippen molar-refractivity contribution in [3.8, 4) is 40.0 Å². The lowest BCUT2D eigenvalue weighted by Crippen LogP contribution is -2.56. The van der Waals surface area contributed by atoms with Gasteiger partial charge in [0, 0.05) is 56.6 Å². The third-order valence-electron chi connectivity index (χ3n) is 6.91. The number of amidine groups is 1. The molecule has 1 saturated heterocycles. The highest BCUT2D eigenvalue weighted by Gasteiger charge is 2.30. The van der Waals surface area contributed by atoms with E-state index in [1.54, 1.807) is 18.2 Å². The molecule has 0 amide bonds. The maximum atomic E-state index is 9.84. The number of hydrogen-bond donors (Lipinski definition) is 1. The molecule has 1 aliphatic heterocycles. The fourth-order valence-corrected chi connectivity index (χ4v) is 4.63. The van der Waals surface area contributed by atoms with Gasteiger partial charge in [-0.15, -0.1) is 0 Å². The number of nitriles is 1. The second-order valence-corrected chi connectivity index (χ2v) is 9.95. The molecule has 0 radical (unpaired) electrons. The van der Waals surface area contributed by atoms with Crippen molar-refractivity contribution in [1.82, 2.24) is 14.8 Å². The van der Waals surface area contributed by atoms with Crippen LogP contribution in [0.4, 0.5) is 0 Å². The van der Waals surface area contributed by atoms with E-state index in [1.807, 2.05) is 62.6 Å². The van der Waals surface area contributed by atoms with Crippen molar-refractivity contribution in [2.75, 3.05) is 34.3 Å². The number of methoxy groups -OCH3 is 1. The maximum Gasteiger partial charge on any atom is 0.161 e. The van der Waals surface area contributed by atoms with Crippen LogP contribution < -0.4 is 9.47 Å². The van der Waals surface area contributed by atoms with Crippen LogP contribution in [0.25, 0.3) is 33.6 Å². The van der Waals surface area contributed by atoms with E-state index in [0.29, 0.717) is 45.8 Å². The van der Waals surface area contributed by atoms with E-state index in [9.17, 15) is 5.26 Å². The van der Waals surface area contributed by atoms with E-state index >= 15 is 0 Å². The van der Waals surface area contributed by atoms with E-state index in [2.05, 4.69) is 29.8 Å². The third kappa shape index (κ3) is 4.69. The van der Waals surface area contributed by atoms with Crippen LogP contribution in [-0.2, 0) is 0 Å². The van der Waals surface area contributed by atoms with Crippen molar-refractivity contribution in [2.24, 2.45) is 0 Å². The van der Waals surface area contributed by atoms with Gasteiger partial charge in [-0.2, -0.15) is 5.26 Å². The standard InChI is InChI=1S/C30H31N5O3/c1-18(2)35-16-22(17-35)37-26-9-7-19(12-21(26)15-31)23-10-11-33-25-14-28(38-29(23)25)24-8-6-20(13-27(24)36-5)30(32)34(3)4/h6-14,18,22,32H,16-17H2,1-5H3. The number of aromatic nitrogens is 1. The fourth-order valence-electron chi connectivity index (χ4n) is 4.63. The number of nitrogens with one attached hydrogen (secondary N) is 1. The van der Waals surface area contributed by atoms with Crippen LogP contribution in [0.3, 0.4) is 0 Å². The minimum Gasteiger partial charge on any atom is -0.496 e. The first kappa shape index (κ1) is 25.3. The van der Waals surface area contributed by atoms with Gasteiger partial charge in [-0.1, -0.05) is 12.1 Å². The quantitative estimate of drug-likeness (QED) is 0.263. The van der Waals surface area contributed by atoms with Crippen LogP contribution in [0.2, 0.25) is 0 Å². The first-order chi connectivity index (χ1) is 18.3. The summed E-state index contributed by atoms with van der Waals surface area (Å²) >= 11 is 0. The van der Waals surface area contributed by atoms with Gasteiger partial charge in [0.1, 0.15) is 40.8 Å². The summed E-state index contributed by atoms with van der Waals surface area (Å²) in [6.45, 7) is 6.07. The highest BCUT2D eigenvalue weighted by Crippen LogP contribution is 2.38. The molecule has 194 valence electrons. The van der Waals surface area contributed by atoms with Crippen LogP contribution in [0.1, 0.15) is 25.0 Å². The van der Waals surface area contributed by atoms with E-state index in [-0.39, 0.29) is 6.10 Å². The lowest BCUT2D eigenvalue weighted by atomic mass is 10.0. The van der Waals surface area contributed by atoms with E-state index in [1.165, 1.54) is 0 Å². The second kappa shape index (κ2) is 10.2. The fraction of sp³-hybridized carbons (Fsp3) is 0.300. The van der Waals surface area contributed by atoms with Crippen molar-refractivity contribution in [1.29, 1.82) is 10.7 Å². The first-order valence-corrected chi connectivity index (χ1v) is 12.6. The Morgan fingerprint density at radius 3 is 2.58 bits per heavy atom. The SMILES string of the molecule is COc1cc(C(=N)N(C)C)ccc1-c1cc2nccc(-c3ccc(OC4CN(C(C)C)C4)c(C#N)c3)c2o1. The molecule has 2 aromatic carbocycles. The summed E-state index contributed by atoms with van der Waals surface area (Å²) in [5, 5.41) is 18.1. The largest absolute Gasteiger partial charge is 0.496 e. The molecule has 2 aromatic heterocycles. The molecular weight excluding hydrogens is 478 g/mol. The van der Waals surface area contributed by atoms with Gasteiger partial charge in [0.05, 0.1) is 18.2 Å². The molecule has 8 nitrogen and oxygen atoms in total. The number of fused-ring (bicyclic) bond motifs is 1. The Bertz CT molecular complexity index is 1540. The molecular formula is C30H31N5O3. The Morgan fingerprint density at radius 1 is 1.11 bits per heavy atom. The van der Waals surface area contributed by atoms with Gasteiger partial charge in [-0.05, 0) is 49.7 Å². The monoisotopic (exact) mass is 509 g/mol. The predicted octanol–water partition coefficient (Wildman–Crippen LogP) is 5.40. The molecule has 5 rings (SSSR count). The molecule has 0 aliphatic carbocycles. The van der Waals surface area contributed by atoms with Gasteiger partial charge < -0.3 is 18.8 Å². The molecule has 0 unspecified atom stereocenters. The topological polar surface area (TPSA) is 98.6 Å². The van der Waals surface area contributed by atoms with Crippen molar-refractivity contribution in [2.45, 2.75) is 26.0 Å². The zero-order chi connectivity index (χ0) is 27.0. The van der Waals surface area contributed by atoms with Gasteiger partial charge in [-0.3, -0.25) is 15.3 Å². The Hall–Kier alpha value is -4.35. The Morgan fingerprint density at radius 2 is 1.89 bits per heavy atom. The highest BCUT2D eigenvalue weighted by atomic mass is 16.5. The highest BCUT2D eigenvalue weighted by molar-refractivity contribution is 5.98. The van der Waals surface area contributed by atoms with Crippen LogP contribution in [0, 0.1) is 16.7 Å². The third-order valence-corrected chi connectivity index (χ3v) is 6.91. The predicted molar refractivity (Wildman–Crippen MR) is 148 cm³/mol. The number of likely N-dealkylation sites (tertiary alicyclic amines) is 1. The van der Waals surface area contributed by atoms with Crippen molar-refractivity contribution in [3.63, 3.8) is 0 Å². The molecule has 8 heteroatoms. The molecule has 1 fully saturated rings. The number of hydrogen-bond acceptors (Lipinski definition) is 7. The van der Waals surface area contributed by atoms with Gasteiger partial charge in [0.25, 0.3) is 0 Å². The molecule has 0 atom stereocenters. The average molecular weight is 510 g/mol. The molecule has 38 heavy (non-hydrogen) atoms. The van der Waals surface area contributed by atoms with Gasteiger partial charge >= 0.3 is 0 Å². The van der Waals surface area contributed by atoms with Gasteiger partial charge in [0.2, 0.25) is 0 Å². The normalized spacial score (nSPS) is 13.8. The summed E-state index contributed by atoms with van der Waals surface area (Å²) in [7, 11) is 5.27. The average Bonchev–Trinajstić information content (AvgIpc) is 3.33. The van der Waals surface area contributed by atoms with Crippen molar-refractivity contribution in [3.05, 3.63) is 65.9 Å². The molecule has 0 saturated carbocycles. The number of pyridine rings is 1.